The zero-order valence-corrected chi connectivity index (χ0v) is 12.2. The molecule has 0 aliphatic heterocycles. The fraction of sp³-hybridized carbons (Fsp3) is 0.0769. The number of nitrogen functional groups attached to an aromatic ring is 1. The first-order chi connectivity index (χ1) is 8.58. The number of hydrogen-bond acceptors (Lipinski definition) is 3. The number of nitrogens with two attached hydrogens (primary N) is 1. The zero-order chi connectivity index (χ0) is 13.1. The van der Waals surface area contributed by atoms with Crippen molar-refractivity contribution in [3.8, 4) is 0 Å². The van der Waals surface area contributed by atoms with E-state index in [0.29, 0.717) is 0 Å². The Morgan fingerprint density at radius 2 is 2.17 bits per heavy atom. The molecule has 1 aromatic carbocycles. The van der Waals surface area contributed by atoms with E-state index < -0.39 is 0 Å². The van der Waals surface area contributed by atoms with Gasteiger partial charge in [0.15, 0.2) is 0 Å². The molecule has 1 heterocycles. The van der Waals surface area contributed by atoms with Crippen LogP contribution in [0.25, 0.3) is 0 Å². The summed E-state index contributed by atoms with van der Waals surface area (Å²) in [5.41, 5.74) is 7.27. The van der Waals surface area contributed by atoms with Crippen LogP contribution in [0.1, 0.15) is 11.1 Å². The Labute approximate surface area is 118 Å². The molecule has 0 spiro atoms. The van der Waals surface area contributed by atoms with Gasteiger partial charge in [-0.3, -0.25) is 5.41 Å². The van der Waals surface area contributed by atoms with Crippen molar-refractivity contribution in [3.05, 3.63) is 52.1 Å². The van der Waals surface area contributed by atoms with Gasteiger partial charge in [-0.1, -0.05) is 11.8 Å². The van der Waals surface area contributed by atoms with Gasteiger partial charge in [0, 0.05) is 16.7 Å². The summed E-state index contributed by atoms with van der Waals surface area (Å²) in [7, 11) is 0. The van der Waals surface area contributed by atoms with Crippen LogP contribution in [0.2, 0.25) is 0 Å². The summed E-state index contributed by atoms with van der Waals surface area (Å²) in [6.45, 7) is 1.95. The van der Waals surface area contributed by atoms with Gasteiger partial charge >= 0.3 is 0 Å². The molecule has 5 heteroatoms. The highest BCUT2D eigenvalue weighted by atomic mass is 79.9. The number of nitrogens with one attached hydrogen (secondary N) is 1. The molecule has 3 N–H and O–H groups in total. The topological polar surface area (TPSA) is 62.8 Å². The molecule has 1 aromatic heterocycles. The maximum atomic E-state index is 7.45. The van der Waals surface area contributed by atoms with E-state index in [2.05, 4.69) is 20.9 Å². The van der Waals surface area contributed by atoms with Gasteiger partial charge in [0.2, 0.25) is 0 Å². The van der Waals surface area contributed by atoms with Gasteiger partial charge in [0.1, 0.15) is 10.9 Å². The lowest BCUT2D eigenvalue weighted by Crippen LogP contribution is -2.12. The Morgan fingerprint density at radius 1 is 1.39 bits per heavy atom. The first-order valence-electron chi connectivity index (χ1n) is 5.31. The maximum absolute atomic E-state index is 7.45. The maximum Gasteiger partial charge on any atom is 0.123 e. The second-order valence-corrected chi connectivity index (χ2v) is 5.70. The number of hydrogen-bond donors (Lipinski definition) is 2. The molecule has 0 aliphatic carbocycles. The van der Waals surface area contributed by atoms with Crippen LogP contribution in [-0.2, 0) is 0 Å². The Morgan fingerprint density at radius 3 is 2.78 bits per heavy atom. The van der Waals surface area contributed by atoms with E-state index >= 15 is 0 Å². The first kappa shape index (κ1) is 13.1. The molecule has 0 aliphatic rings. The molecule has 18 heavy (non-hydrogen) atoms. The van der Waals surface area contributed by atoms with Crippen molar-refractivity contribution in [2.24, 2.45) is 5.73 Å². The number of amidine groups is 1. The molecule has 0 atom stereocenters. The number of halogens is 1. The Bertz CT molecular complexity index is 599. The minimum absolute atomic E-state index is 0.100. The van der Waals surface area contributed by atoms with Crippen LogP contribution in [0.3, 0.4) is 0 Å². The second kappa shape index (κ2) is 5.54. The van der Waals surface area contributed by atoms with Crippen molar-refractivity contribution in [3.63, 3.8) is 0 Å². The van der Waals surface area contributed by atoms with Crippen molar-refractivity contribution in [2.75, 3.05) is 0 Å². The first-order valence-corrected chi connectivity index (χ1v) is 6.92. The van der Waals surface area contributed by atoms with Crippen LogP contribution >= 0.6 is 27.7 Å². The predicted octanol–water partition coefficient (Wildman–Crippen LogP) is 3.59. The summed E-state index contributed by atoms with van der Waals surface area (Å²) >= 11 is 5.05. The third-order valence-corrected chi connectivity index (χ3v) is 4.34. The highest BCUT2D eigenvalue weighted by molar-refractivity contribution is 9.10. The average Bonchev–Trinajstić information content (AvgIpc) is 2.32. The molecule has 0 radical (unpaired) electrons. The number of nitrogens with zero attached hydrogens (tertiary/aromatic N) is 1. The van der Waals surface area contributed by atoms with Gasteiger partial charge in [-0.05, 0) is 58.7 Å². The fourth-order valence-corrected chi connectivity index (χ4v) is 2.93. The molecule has 0 amide bonds. The molecule has 92 valence electrons. The molecule has 0 unspecified atom stereocenters. The van der Waals surface area contributed by atoms with Crippen LogP contribution in [0.4, 0.5) is 0 Å². The van der Waals surface area contributed by atoms with Crippen molar-refractivity contribution in [2.45, 2.75) is 16.8 Å². The highest BCUT2D eigenvalue weighted by Gasteiger charge is 2.06. The lowest BCUT2D eigenvalue weighted by Gasteiger charge is -2.07. The van der Waals surface area contributed by atoms with E-state index in [9.17, 15) is 0 Å². The van der Waals surface area contributed by atoms with Crippen LogP contribution in [0, 0.1) is 12.3 Å². The van der Waals surface area contributed by atoms with Gasteiger partial charge in [0.25, 0.3) is 0 Å². The molecule has 0 saturated carbocycles. The SMILES string of the molecule is Cc1cc(Sc2ncccc2Br)ccc1C(=N)N. The molecular formula is C13H12BrN3S. The number of aryl methyl sites for hydroxylation is 1. The minimum atomic E-state index is 0.100. The monoisotopic (exact) mass is 321 g/mol. The molecule has 0 saturated heterocycles. The third-order valence-electron chi connectivity index (χ3n) is 2.43. The number of rotatable bonds is 3. The number of pyridine rings is 1. The summed E-state index contributed by atoms with van der Waals surface area (Å²) in [5.74, 6) is 0.100. The van der Waals surface area contributed by atoms with Crippen LogP contribution in [0.15, 0.2) is 50.9 Å². The lowest BCUT2D eigenvalue weighted by atomic mass is 10.1. The minimum Gasteiger partial charge on any atom is -0.384 e. The van der Waals surface area contributed by atoms with Crippen LogP contribution in [-0.4, -0.2) is 10.8 Å². The normalized spacial score (nSPS) is 10.3. The van der Waals surface area contributed by atoms with Crippen molar-refractivity contribution >= 4 is 33.5 Å². The van der Waals surface area contributed by atoms with E-state index in [1.807, 2.05) is 37.3 Å². The molecule has 0 bridgehead atoms. The summed E-state index contributed by atoms with van der Waals surface area (Å²) in [6, 6.07) is 9.69. The van der Waals surface area contributed by atoms with E-state index in [0.717, 1.165) is 25.5 Å². The molecule has 3 nitrogen and oxygen atoms in total. The molecule has 2 rings (SSSR count). The smallest absolute Gasteiger partial charge is 0.123 e. The number of benzene rings is 1. The third kappa shape index (κ3) is 2.91. The molecular weight excluding hydrogens is 310 g/mol. The van der Waals surface area contributed by atoms with Crippen molar-refractivity contribution in [1.82, 2.24) is 4.98 Å². The second-order valence-electron chi connectivity index (χ2n) is 3.78. The largest absolute Gasteiger partial charge is 0.384 e. The van der Waals surface area contributed by atoms with Gasteiger partial charge in [-0.25, -0.2) is 4.98 Å². The lowest BCUT2D eigenvalue weighted by molar-refractivity contribution is 1.11. The van der Waals surface area contributed by atoms with Crippen LogP contribution < -0.4 is 5.73 Å². The van der Waals surface area contributed by atoms with E-state index in [-0.39, 0.29) is 5.84 Å². The fourth-order valence-electron chi connectivity index (χ4n) is 1.56. The van der Waals surface area contributed by atoms with E-state index in [1.54, 1.807) is 18.0 Å². The van der Waals surface area contributed by atoms with E-state index in [1.165, 1.54) is 0 Å². The van der Waals surface area contributed by atoms with E-state index in [4.69, 9.17) is 11.1 Å². The Balaban J connectivity index is 2.29. The van der Waals surface area contributed by atoms with Gasteiger partial charge in [-0.2, -0.15) is 0 Å². The summed E-state index contributed by atoms with van der Waals surface area (Å²) in [5, 5.41) is 8.38. The van der Waals surface area contributed by atoms with Gasteiger partial charge < -0.3 is 5.73 Å². The predicted molar refractivity (Wildman–Crippen MR) is 78.3 cm³/mol. The Kier molecular flexibility index (Phi) is 4.04. The summed E-state index contributed by atoms with van der Waals surface area (Å²) in [4.78, 5) is 5.39. The zero-order valence-electron chi connectivity index (χ0n) is 9.77. The standard InChI is InChI=1S/C13H12BrN3S/c1-8-7-9(4-5-10(8)12(15)16)18-13-11(14)3-2-6-17-13/h2-7H,1H3,(H3,15,16). The van der Waals surface area contributed by atoms with Gasteiger partial charge in [-0.15, -0.1) is 0 Å². The average molecular weight is 322 g/mol. The quantitative estimate of drug-likeness (QED) is 0.670. The van der Waals surface area contributed by atoms with Crippen LogP contribution in [0.5, 0.6) is 0 Å². The molecule has 2 aromatic rings. The number of aromatic nitrogens is 1. The Hall–Kier alpha value is -1.33. The van der Waals surface area contributed by atoms with Crippen molar-refractivity contribution < 1.29 is 0 Å². The highest BCUT2D eigenvalue weighted by Crippen LogP contribution is 2.32. The van der Waals surface area contributed by atoms with Crippen molar-refractivity contribution in [1.29, 1.82) is 5.41 Å². The molecule has 0 fully saturated rings. The van der Waals surface area contributed by atoms with Gasteiger partial charge in [0.05, 0.1) is 4.47 Å². The summed E-state index contributed by atoms with van der Waals surface area (Å²) in [6.07, 6.45) is 1.77. The summed E-state index contributed by atoms with van der Waals surface area (Å²) < 4.78 is 0.975.